The van der Waals surface area contributed by atoms with Crippen LogP contribution in [0, 0.1) is 0 Å². The molecule has 4 heteroatoms. The first-order chi connectivity index (χ1) is 6.49. The van der Waals surface area contributed by atoms with Crippen LogP contribution in [0.3, 0.4) is 0 Å². The molecule has 0 aromatic rings. The molecule has 0 saturated heterocycles. The molecule has 0 aromatic carbocycles. The van der Waals surface area contributed by atoms with Crippen LogP contribution in [0.25, 0.3) is 0 Å². The van der Waals surface area contributed by atoms with Crippen molar-refractivity contribution in [1.29, 1.82) is 0 Å². The van der Waals surface area contributed by atoms with Gasteiger partial charge in [0.2, 0.25) is 0 Å². The summed E-state index contributed by atoms with van der Waals surface area (Å²) in [5, 5.41) is 9.21. The van der Waals surface area contributed by atoms with Crippen LogP contribution in [-0.2, 0) is 9.53 Å². The quantitative estimate of drug-likeness (QED) is 0.522. The monoisotopic (exact) mass is 184 g/mol. The van der Waals surface area contributed by atoms with Crippen LogP contribution in [0.2, 0.25) is 0 Å². The second-order valence-electron chi connectivity index (χ2n) is 2.11. The Labute approximate surface area is 76.9 Å². The fourth-order valence-corrected chi connectivity index (χ4v) is 0.442. The van der Waals surface area contributed by atoms with Gasteiger partial charge in [-0.3, -0.25) is 4.79 Å². The third-order valence-corrected chi connectivity index (χ3v) is 0.907. The van der Waals surface area contributed by atoms with Gasteiger partial charge in [-0.25, -0.2) is 0 Å². The zero-order valence-corrected chi connectivity index (χ0v) is 7.05. The molecule has 0 heterocycles. The van der Waals surface area contributed by atoms with E-state index in [1.165, 1.54) is 13.8 Å². The maximum atomic E-state index is 11.2. The number of hydrogen-bond donors (Lipinski definition) is 1. The van der Waals surface area contributed by atoms with Gasteiger partial charge in [-0.05, 0) is 13.8 Å². The Balaban J connectivity index is 4.74. The van der Waals surface area contributed by atoms with E-state index in [1.54, 1.807) is 0 Å². The number of rotatable bonds is 4. The zero-order valence-electron chi connectivity index (χ0n) is 10.3. The van der Waals surface area contributed by atoms with E-state index in [1.807, 2.05) is 0 Å². The Bertz CT molecular complexity index is 239. The maximum absolute atomic E-state index is 11.2. The lowest BCUT2D eigenvalue weighted by Crippen LogP contribution is -2.19. The molecule has 0 aromatic heterocycles. The first-order valence-corrected chi connectivity index (χ1v) is 3.45. The van der Waals surface area contributed by atoms with Crippen LogP contribution < -0.4 is 0 Å². The van der Waals surface area contributed by atoms with Crippen LogP contribution in [-0.4, -0.2) is 29.1 Å². The Kier molecular flexibility index (Phi) is 2.63. The van der Waals surface area contributed by atoms with Gasteiger partial charge in [-0.15, -0.1) is 11.6 Å². The molecule has 0 saturated carbocycles. The summed E-state index contributed by atoms with van der Waals surface area (Å²) in [5.41, 5.74) is 0. The van der Waals surface area contributed by atoms with Crippen molar-refractivity contribution >= 4 is 17.6 Å². The molecule has 3 nitrogen and oxygen atoms in total. The number of carbonyl (C=O) groups is 1. The summed E-state index contributed by atoms with van der Waals surface area (Å²) in [7, 11) is 0. The highest BCUT2D eigenvalue weighted by Crippen LogP contribution is 1.99. The molecule has 0 amide bonds. The smallest absolute Gasteiger partial charge is 0.308 e. The third kappa shape index (κ3) is 6.13. The van der Waals surface area contributed by atoms with Gasteiger partial charge in [0.05, 0.1) is 18.6 Å². The molecule has 0 unspecified atom stereocenters. The van der Waals surface area contributed by atoms with Gasteiger partial charge >= 0.3 is 5.97 Å². The van der Waals surface area contributed by atoms with Crippen molar-refractivity contribution in [1.82, 2.24) is 0 Å². The van der Waals surface area contributed by atoms with Gasteiger partial charge in [0, 0.05) is 11.3 Å². The normalized spacial score (nSPS) is 21.2. The molecule has 1 atom stereocenters. The molecular weight excluding hydrogens is 168 g/mol. The van der Waals surface area contributed by atoms with E-state index in [9.17, 15) is 9.90 Å². The van der Waals surface area contributed by atoms with Gasteiger partial charge in [-0.1, -0.05) is 0 Å². The van der Waals surface area contributed by atoms with Gasteiger partial charge < -0.3 is 9.84 Å². The topological polar surface area (TPSA) is 46.5 Å². The SMILES string of the molecule is [2H]C([2H])(Cl)[C@H](O)C([2H])([2H])C(=O)OC(C)C. The summed E-state index contributed by atoms with van der Waals surface area (Å²) in [4.78, 5) is 11.2. The fraction of sp³-hybridized carbons (Fsp3) is 0.857. The van der Waals surface area contributed by atoms with Gasteiger partial charge in [0.15, 0.2) is 0 Å². The lowest BCUT2D eigenvalue weighted by molar-refractivity contribution is -0.149. The molecule has 0 bridgehead atoms. The van der Waals surface area contributed by atoms with Crippen molar-refractivity contribution in [3.05, 3.63) is 0 Å². The minimum atomic E-state index is -2.88. The molecule has 0 aliphatic carbocycles. The van der Waals surface area contributed by atoms with Crippen molar-refractivity contribution in [3.63, 3.8) is 0 Å². The number of ether oxygens (including phenoxy) is 1. The predicted molar refractivity (Wildman–Crippen MR) is 42.6 cm³/mol. The fourth-order valence-electron chi connectivity index (χ4n) is 0.387. The van der Waals surface area contributed by atoms with E-state index in [-0.39, 0.29) is 0 Å². The molecule has 1 N–H and O–H groups in total. The van der Waals surface area contributed by atoms with Crippen molar-refractivity contribution in [2.24, 2.45) is 0 Å². The number of aliphatic hydroxyl groups is 1. The molecule has 0 aliphatic rings. The van der Waals surface area contributed by atoms with Crippen LogP contribution in [0.15, 0.2) is 0 Å². The first kappa shape index (κ1) is 5.38. The van der Waals surface area contributed by atoms with E-state index in [4.69, 9.17) is 17.1 Å². The number of alkyl halides is 1. The van der Waals surface area contributed by atoms with E-state index in [2.05, 4.69) is 4.74 Å². The van der Waals surface area contributed by atoms with Crippen molar-refractivity contribution < 1.29 is 20.1 Å². The number of hydrogen-bond acceptors (Lipinski definition) is 3. The van der Waals surface area contributed by atoms with Crippen molar-refractivity contribution in [3.8, 4) is 0 Å². The Morgan fingerprint density at radius 3 is 2.73 bits per heavy atom. The summed E-state index contributed by atoms with van der Waals surface area (Å²) in [6.07, 6.45) is -5.73. The first-order valence-electron chi connectivity index (χ1n) is 5.07. The van der Waals surface area contributed by atoms with Crippen LogP contribution in [0.1, 0.15) is 25.7 Å². The minimum absolute atomic E-state index is 0.555. The minimum Gasteiger partial charge on any atom is -0.463 e. The Hall–Kier alpha value is -0.280. The average molecular weight is 185 g/mol. The third-order valence-electron chi connectivity index (χ3n) is 0.701. The summed E-state index contributed by atoms with van der Waals surface area (Å²) in [6.45, 7) is 3.02. The van der Waals surface area contributed by atoms with Crippen molar-refractivity contribution in [2.75, 3.05) is 5.83 Å². The molecule has 0 spiro atoms. The standard InChI is InChI=1S/C7H13ClO3/c1-5(2)11-7(10)3-6(9)4-8/h5-6,9H,3-4H2,1-2H3/t6-/m1/s1/i3D2,4D2. The maximum Gasteiger partial charge on any atom is 0.308 e. The molecule has 0 fully saturated rings. The van der Waals surface area contributed by atoms with E-state index < -0.39 is 30.4 Å². The van der Waals surface area contributed by atoms with Gasteiger partial charge in [0.25, 0.3) is 0 Å². The van der Waals surface area contributed by atoms with Crippen molar-refractivity contribution in [2.45, 2.75) is 32.4 Å². The van der Waals surface area contributed by atoms with E-state index in [0.29, 0.717) is 0 Å². The Morgan fingerprint density at radius 1 is 1.82 bits per heavy atom. The van der Waals surface area contributed by atoms with Gasteiger partial charge in [-0.2, -0.15) is 0 Å². The molecule has 0 rings (SSSR count). The molecule has 66 valence electrons. The number of esters is 1. The molecule has 0 radical (unpaired) electrons. The molecule has 0 aliphatic heterocycles. The Morgan fingerprint density at radius 2 is 2.36 bits per heavy atom. The number of carbonyl (C=O) groups excluding carboxylic acids is 1. The second kappa shape index (κ2) is 5.38. The summed E-state index contributed by atoms with van der Waals surface area (Å²) in [5.74, 6) is -4.08. The second-order valence-corrected chi connectivity index (χ2v) is 2.33. The summed E-state index contributed by atoms with van der Waals surface area (Å²) < 4.78 is 32.7. The highest BCUT2D eigenvalue weighted by molar-refractivity contribution is 6.18. The highest BCUT2D eigenvalue weighted by Gasteiger charge is 2.11. The van der Waals surface area contributed by atoms with Crippen LogP contribution >= 0.6 is 11.6 Å². The predicted octanol–water partition coefficient (Wildman–Crippen LogP) is 0.928. The molecular formula is C7H13ClO3. The van der Waals surface area contributed by atoms with E-state index >= 15 is 0 Å². The average Bonchev–Trinajstić information content (AvgIpc) is 1.99. The van der Waals surface area contributed by atoms with Crippen LogP contribution in [0.5, 0.6) is 0 Å². The number of aliphatic hydroxyl groups excluding tert-OH is 1. The lowest BCUT2D eigenvalue weighted by Gasteiger charge is -2.09. The zero-order chi connectivity index (χ0) is 12.4. The van der Waals surface area contributed by atoms with Gasteiger partial charge in [0.1, 0.15) is 0 Å². The lowest BCUT2D eigenvalue weighted by atomic mass is 10.3. The summed E-state index contributed by atoms with van der Waals surface area (Å²) >= 11 is 5.08. The summed E-state index contributed by atoms with van der Waals surface area (Å²) in [6, 6.07) is 0. The highest BCUT2D eigenvalue weighted by atomic mass is 35.5. The molecule has 11 heavy (non-hydrogen) atoms. The van der Waals surface area contributed by atoms with E-state index in [0.717, 1.165) is 0 Å². The largest absolute Gasteiger partial charge is 0.463 e. The number of halogens is 1. The van der Waals surface area contributed by atoms with Crippen LogP contribution in [0.4, 0.5) is 0 Å².